The van der Waals surface area contributed by atoms with Gasteiger partial charge in [-0.25, -0.2) is 4.79 Å². The highest BCUT2D eigenvalue weighted by Gasteiger charge is 2.50. The van der Waals surface area contributed by atoms with Crippen LogP contribution in [0.5, 0.6) is 17.2 Å². The van der Waals surface area contributed by atoms with Crippen LogP contribution in [0.1, 0.15) is 109 Å². The number of rotatable bonds is 7. The van der Waals surface area contributed by atoms with Gasteiger partial charge in [0.1, 0.15) is 41.8 Å². The van der Waals surface area contributed by atoms with Crippen molar-refractivity contribution in [3.63, 3.8) is 0 Å². The zero-order chi connectivity index (χ0) is 37.7. The number of allylic oxidation sites excluding steroid dienone is 1. The van der Waals surface area contributed by atoms with Crippen LogP contribution in [-0.2, 0) is 30.2 Å². The summed E-state index contributed by atoms with van der Waals surface area (Å²) in [6.07, 6.45) is 1.87. The largest absolute Gasteiger partial charge is 0.507 e. The number of carbonyl (C=O) groups is 4. The van der Waals surface area contributed by atoms with Gasteiger partial charge in [0.05, 0.1) is 36.0 Å². The normalized spacial score (nSPS) is 30.1. The van der Waals surface area contributed by atoms with E-state index >= 15 is 0 Å². The van der Waals surface area contributed by atoms with E-state index in [-0.39, 0.29) is 33.4 Å². The first-order valence-electron chi connectivity index (χ1n) is 17.4. The molecule has 2 aromatic rings. The van der Waals surface area contributed by atoms with E-state index in [4.69, 9.17) is 23.7 Å². The molecule has 52 heavy (non-hydrogen) atoms. The number of ether oxygens (including phenoxy) is 5. The number of amides is 1. The van der Waals surface area contributed by atoms with Crippen molar-refractivity contribution in [1.29, 1.82) is 0 Å². The predicted octanol–water partition coefficient (Wildman–Crippen LogP) is 4.11. The van der Waals surface area contributed by atoms with Gasteiger partial charge in [0.25, 0.3) is 6.48 Å². The van der Waals surface area contributed by atoms with Crippen LogP contribution in [-0.4, -0.2) is 88.1 Å². The van der Waals surface area contributed by atoms with Crippen LogP contribution < -0.4 is 10.1 Å². The van der Waals surface area contributed by atoms with E-state index in [0.717, 1.165) is 19.3 Å². The van der Waals surface area contributed by atoms with Crippen molar-refractivity contribution in [3.8, 4) is 17.2 Å². The number of fused-ring (bicyclic) bond motifs is 3. The molecule has 280 valence electrons. The number of carbonyl (C=O) groups excluding carboxylic acids is 4. The number of hydrogen-bond donors (Lipinski definition) is 5. The maximum absolute atomic E-state index is 13.9. The Kier molecular flexibility index (Phi) is 10.2. The van der Waals surface area contributed by atoms with Gasteiger partial charge >= 0.3 is 6.09 Å². The van der Waals surface area contributed by atoms with E-state index in [0.29, 0.717) is 6.42 Å². The number of phenolic OH excluding ortho intramolecular Hbond substituents is 2. The van der Waals surface area contributed by atoms with Gasteiger partial charge in [0.15, 0.2) is 11.6 Å². The molecule has 1 fully saturated rings. The fourth-order valence-corrected chi connectivity index (χ4v) is 7.44. The summed E-state index contributed by atoms with van der Waals surface area (Å²) in [6.45, 7) is 5.22. The van der Waals surface area contributed by atoms with Gasteiger partial charge < -0.3 is 44.1 Å². The maximum Gasteiger partial charge on any atom is 0.409 e. The third kappa shape index (κ3) is 6.81. The van der Waals surface area contributed by atoms with Gasteiger partial charge in [-0.05, 0) is 50.2 Å². The Morgan fingerprint density at radius 1 is 1.02 bits per heavy atom. The fourth-order valence-electron chi connectivity index (χ4n) is 7.44. The second kappa shape index (κ2) is 14.2. The third-order valence-corrected chi connectivity index (χ3v) is 10.8. The van der Waals surface area contributed by atoms with Crippen molar-refractivity contribution < 1.29 is 63.3 Å². The Bertz CT molecular complexity index is 1820. The number of ketones is 3. The number of nitrogens with one attached hydrogen (secondary N) is 1. The molecule has 1 aliphatic heterocycles. The molecule has 1 amide bonds. The highest BCUT2D eigenvalue weighted by molar-refractivity contribution is 6.31. The van der Waals surface area contributed by atoms with Crippen LogP contribution in [0.25, 0.3) is 0 Å². The molecule has 1 unspecified atom stereocenters. The molecule has 4 aliphatic rings. The van der Waals surface area contributed by atoms with Crippen LogP contribution >= 0.6 is 0 Å². The Balaban J connectivity index is 1.31. The van der Waals surface area contributed by atoms with E-state index in [2.05, 4.69) is 19.2 Å². The first-order valence-corrected chi connectivity index (χ1v) is 17.4. The van der Waals surface area contributed by atoms with Crippen molar-refractivity contribution in [3.05, 3.63) is 63.7 Å². The highest BCUT2D eigenvalue weighted by atomic mass is 16.9. The average molecular weight is 724 g/mol. The molecular weight excluding hydrogens is 678 g/mol. The molecule has 1 saturated heterocycles. The molecular formula is C38H45NO13. The highest BCUT2D eigenvalue weighted by Crippen LogP contribution is 2.52. The summed E-state index contributed by atoms with van der Waals surface area (Å²) in [4.78, 5) is 53.7. The fraction of sp³-hybridized carbons (Fsp3) is 0.526. The number of benzene rings is 2. The second-order valence-electron chi connectivity index (χ2n) is 14.8. The van der Waals surface area contributed by atoms with Gasteiger partial charge in [-0.15, -0.1) is 0 Å². The van der Waals surface area contributed by atoms with Gasteiger partial charge in [0.2, 0.25) is 5.78 Å². The van der Waals surface area contributed by atoms with Crippen LogP contribution in [0, 0.1) is 11.3 Å². The molecule has 5 N–H and O–H groups in total. The van der Waals surface area contributed by atoms with Gasteiger partial charge in [-0.1, -0.05) is 39.0 Å². The molecule has 0 saturated carbocycles. The lowest BCUT2D eigenvalue weighted by Crippen LogP contribution is -2.54. The minimum absolute atomic E-state index is 0.0737. The molecule has 0 spiro atoms. The quantitative estimate of drug-likeness (QED) is 0.172. The molecule has 1 heterocycles. The van der Waals surface area contributed by atoms with Crippen molar-refractivity contribution in [2.75, 3.05) is 13.7 Å². The number of Topliss-reactive ketones (excluding diaryl/α,β-unsaturated/α-hetero) is 1. The van der Waals surface area contributed by atoms with Gasteiger partial charge in [0, 0.05) is 35.4 Å². The van der Waals surface area contributed by atoms with Crippen LogP contribution in [0.15, 0.2) is 30.4 Å². The summed E-state index contributed by atoms with van der Waals surface area (Å²) in [5.41, 5.74) is -3.86. The standard InChI is InChI=1S/C38H45NO13/c1-18-19(2)49-36(52-34(18)39-35(46)50-20-9-6-7-13-37(3,4)14-12-20)51-24-16-38(47,25(41)17-40)15-22-27(24)33(45)29-28(31(22)43)30(42)21-10-8-11-23(48-5)26(21)32(29)44/h6,8-11,18-20,24,34,36,40,43,45,47H,7,12-17H2,1-5H3,(H,39,46)/b9-6+/t18-,19+,20+,24+,34+,36?,38+/m1/s1. The molecule has 0 aromatic heterocycles. The molecule has 14 nitrogen and oxygen atoms in total. The maximum atomic E-state index is 13.9. The first-order chi connectivity index (χ1) is 24.6. The zero-order valence-corrected chi connectivity index (χ0v) is 29.8. The van der Waals surface area contributed by atoms with Crippen molar-refractivity contribution in [1.82, 2.24) is 5.32 Å². The summed E-state index contributed by atoms with van der Waals surface area (Å²) in [6, 6.07) is 4.35. The molecule has 14 heteroatoms. The Morgan fingerprint density at radius 3 is 2.46 bits per heavy atom. The lowest BCUT2D eigenvalue weighted by Gasteiger charge is -2.43. The lowest BCUT2D eigenvalue weighted by molar-refractivity contribution is -0.379. The number of methoxy groups -OCH3 is 1. The summed E-state index contributed by atoms with van der Waals surface area (Å²) in [5.74, 6) is -4.40. The van der Waals surface area contributed by atoms with Crippen LogP contribution in [0.2, 0.25) is 0 Å². The van der Waals surface area contributed by atoms with E-state index < -0.39 is 108 Å². The average Bonchev–Trinajstić information content (AvgIpc) is 3.09. The summed E-state index contributed by atoms with van der Waals surface area (Å²) < 4.78 is 29.1. The van der Waals surface area contributed by atoms with E-state index in [9.17, 15) is 39.6 Å². The molecule has 7 atom stereocenters. The number of hydrogen-bond acceptors (Lipinski definition) is 13. The van der Waals surface area contributed by atoms with Crippen molar-refractivity contribution in [2.45, 2.75) is 103 Å². The van der Waals surface area contributed by atoms with Crippen molar-refractivity contribution in [2.24, 2.45) is 11.3 Å². The number of phenols is 2. The Labute approximate surface area is 300 Å². The zero-order valence-electron chi connectivity index (χ0n) is 29.8. The number of aromatic hydroxyl groups is 2. The smallest absolute Gasteiger partial charge is 0.409 e. The SMILES string of the molecule is COc1cccc2c1C(=O)c1c(O)c3c(c(O)c1C2=O)C[C@@](O)(C(=O)CO)C[C@@H]3OC1O[C@@H](C)[C@@H](C)[C@@H](NC(=O)O[C@H]2/C=C/CCC(C)(C)CC2)O1. The topological polar surface area (TPSA) is 207 Å². The summed E-state index contributed by atoms with van der Waals surface area (Å²) in [7, 11) is 1.32. The summed E-state index contributed by atoms with van der Waals surface area (Å²) in [5, 5.41) is 47.3. The van der Waals surface area contributed by atoms with Gasteiger partial charge in [-0.3, -0.25) is 19.7 Å². The van der Waals surface area contributed by atoms with E-state index in [1.807, 2.05) is 12.2 Å². The predicted molar refractivity (Wildman–Crippen MR) is 182 cm³/mol. The molecule has 0 radical (unpaired) electrons. The van der Waals surface area contributed by atoms with E-state index in [1.165, 1.54) is 25.3 Å². The first kappa shape index (κ1) is 37.4. The van der Waals surface area contributed by atoms with Gasteiger partial charge in [-0.2, -0.15) is 0 Å². The molecule has 0 bridgehead atoms. The Morgan fingerprint density at radius 2 is 1.75 bits per heavy atom. The minimum Gasteiger partial charge on any atom is -0.507 e. The molecule has 3 aliphatic carbocycles. The second-order valence-corrected chi connectivity index (χ2v) is 14.8. The monoisotopic (exact) mass is 723 g/mol. The number of alkyl carbamates (subject to hydrolysis) is 1. The van der Waals surface area contributed by atoms with Crippen molar-refractivity contribution >= 4 is 23.4 Å². The Hall–Kier alpha value is -4.34. The van der Waals surface area contributed by atoms with E-state index in [1.54, 1.807) is 13.8 Å². The minimum atomic E-state index is -2.33. The molecule has 6 rings (SSSR count). The summed E-state index contributed by atoms with van der Waals surface area (Å²) >= 11 is 0. The lowest BCUT2D eigenvalue weighted by atomic mass is 9.72. The third-order valence-electron chi connectivity index (χ3n) is 10.8. The van der Waals surface area contributed by atoms with Crippen LogP contribution in [0.4, 0.5) is 4.79 Å². The molecule has 2 aromatic carbocycles. The van der Waals surface area contributed by atoms with Crippen LogP contribution in [0.3, 0.4) is 0 Å². The number of aliphatic hydroxyl groups is 2. The number of aliphatic hydroxyl groups excluding tert-OH is 1.